The molecule has 1 aliphatic carbocycles. The number of piperidine rings is 1. The summed E-state index contributed by atoms with van der Waals surface area (Å²) < 4.78 is 28.8. The molecule has 2 fully saturated rings. The average molecular weight is 381 g/mol. The number of anilines is 1. The van der Waals surface area contributed by atoms with Gasteiger partial charge in [0, 0.05) is 12.2 Å². The van der Waals surface area contributed by atoms with Gasteiger partial charge in [0.2, 0.25) is 11.8 Å². The summed E-state index contributed by atoms with van der Waals surface area (Å²) >= 11 is 0. The number of nitrogens with one attached hydrogen (secondary N) is 1. The zero-order valence-electron chi connectivity index (χ0n) is 15.1. The van der Waals surface area contributed by atoms with E-state index >= 15 is 0 Å². The Kier molecular flexibility index (Phi) is 5.94. The summed E-state index contributed by atoms with van der Waals surface area (Å²) in [4.78, 5) is 27.0. The van der Waals surface area contributed by atoms with Crippen LogP contribution in [-0.2, 0) is 9.59 Å². The van der Waals surface area contributed by atoms with E-state index in [9.17, 15) is 18.4 Å². The SMILES string of the molecule is NC1(C(=O)NC2CCCN(c3ccc(OC(F)F)cc3)C2=O)CCCCC1. The second-order valence-electron chi connectivity index (χ2n) is 7.25. The van der Waals surface area contributed by atoms with Gasteiger partial charge in [-0.3, -0.25) is 9.59 Å². The monoisotopic (exact) mass is 381 g/mol. The molecule has 2 amide bonds. The fourth-order valence-electron chi connectivity index (χ4n) is 3.78. The minimum absolute atomic E-state index is 0.0328. The third-order valence-electron chi connectivity index (χ3n) is 5.32. The van der Waals surface area contributed by atoms with Gasteiger partial charge in [0.1, 0.15) is 11.8 Å². The molecule has 0 radical (unpaired) electrons. The third kappa shape index (κ3) is 4.55. The van der Waals surface area contributed by atoms with Crippen molar-refractivity contribution in [3.8, 4) is 5.75 Å². The molecule has 1 atom stereocenters. The zero-order chi connectivity index (χ0) is 19.4. The van der Waals surface area contributed by atoms with Crippen molar-refractivity contribution in [1.82, 2.24) is 5.32 Å². The Morgan fingerprint density at radius 3 is 2.48 bits per heavy atom. The summed E-state index contributed by atoms with van der Waals surface area (Å²) in [6.45, 7) is -2.39. The molecule has 1 saturated carbocycles. The van der Waals surface area contributed by atoms with E-state index in [-0.39, 0.29) is 17.6 Å². The highest BCUT2D eigenvalue weighted by Crippen LogP contribution is 2.28. The molecule has 3 rings (SSSR count). The Morgan fingerprint density at radius 1 is 1.19 bits per heavy atom. The lowest BCUT2D eigenvalue weighted by Crippen LogP contribution is -2.61. The predicted octanol–water partition coefficient (Wildman–Crippen LogP) is 2.56. The second-order valence-corrected chi connectivity index (χ2v) is 7.25. The van der Waals surface area contributed by atoms with Gasteiger partial charge in [-0.15, -0.1) is 0 Å². The lowest BCUT2D eigenvalue weighted by atomic mass is 9.81. The first-order valence-electron chi connectivity index (χ1n) is 9.35. The summed E-state index contributed by atoms with van der Waals surface area (Å²) in [6.07, 6.45) is 5.47. The predicted molar refractivity (Wildman–Crippen MR) is 96.6 cm³/mol. The van der Waals surface area contributed by atoms with E-state index in [2.05, 4.69) is 10.1 Å². The molecule has 0 bridgehead atoms. The number of halogens is 2. The molecule has 1 unspecified atom stereocenters. The highest BCUT2D eigenvalue weighted by atomic mass is 19.3. The maximum Gasteiger partial charge on any atom is 0.387 e. The third-order valence-corrected chi connectivity index (χ3v) is 5.32. The maximum absolute atomic E-state index is 12.8. The maximum atomic E-state index is 12.8. The highest BCUT2D eigenvalue weighted by molar-refractivity contribution is 6.01. The number of hydrogen-bond acceptors (Lipinski definition) is 4. The van der Waals surface area contributed by atoms with E-state index < -0.39 is 18.2 Å². The first kappa shape index (κ1) is 19.5. The van der Waals surface area contributed by atoms with Crippen LogP contribution in [0.1, 0.15) is 44.9 Å². The Morgan fingerprint density at radius 2 is 1.85 bits per heavy atom. The first-order valence-corrected chi connectivity index (χ1v) is 9.35. The number of ether oxygens (including phenoxy) is 1. The Hall–Kier alpha value is -2.22. The van der Waals surface area contributed by atoms with E-state index in [4.69, 9.17) is 5.73 Å². The molecule has 6 nitrogen and oxygen atoms in total. The number of carbonyl (C=O) groups is 2. The van der Waals surface area contributed by atoms with E-state index in [0.29, 0.717) is 31.5 Å². The molecule has 3 N–H and O–H groups in total. The van der Waals surface area contributed by atoms with Crippen LogP contribution >= 0.6 is 0 Å². The number of benzene rings is 1. The molecule has 27 heavy (non-hydrogen) atoms. The summed E-state index contributed by atoms with van der Waals surface area (Å²) in [6, 6.07) is 5.30. The van der Waals surface area contributed by atoms with Gasteiger partial charge in [0.25, 0.3) is 0 Å². The van der Waals surface area contributed by atoms with Crippen LogP contribution in [-0.4, -0.2) is 36.6 Å². The minimum atomic E-state index is -2.89. The van der Waals surface area contributed by atoms with Crippen LogP contribution in [0.15, 0.2) is 24.3 Å². The van der Waals surface area contributed by atoms with Crippen LogP contribution in [0.5, 0.6) is 5.75 Å². The average Bonchev–Trinajstić information content (AvgIpc) is 2.64. The van der Waals surface area contributed by atoms with E-state index in [0.717, 1.165) is 25.7 Å². The number of carbonyl (C=O) groups excluding carboxylic acids is 2. The zero-order valence-corrected chi connectivity index (χ0v) is 15.1. The number of hydrogen-bond donors (Lipinski definition) is 2. The second kappa shape index (κ2) is 8.21. The molecule has 0 aromatic heterocycles. The molecule has 1 aromatic carbocycles. The van der Waals surface area contributed by atoms with Crippen LogP contribution in [0.3, 0.4) is 0 Å². The standard InChI is InChI=1S/C19H25F2N3O3/c20-18(21)27-14-8-6-13(7-9-14)24-12-4-5-15(16(24)25)23-17(26)19(22)10-2-1-3-11-19/h6-9,15,18H,1-5,10-12,22H2,(H,23,26). The molecule has 1 saturated heterocycles. The van der Waals surface area contributed by atoms with Crippen LogP contribution in [0.2, 0.25) is 0 Å². The van der Waals surface area contributed by atoms with Crippen molar-refractivity contribution in [1.29, 1.82) is 0 Å². The number of nitrogens with two attached hydrogens (primary N) is 1. The number of rotatable bonds is 5. The summed E-state index contributed by atoms with van der Waals surface area (Å²) in [5.41, 5.74) is 5.95. The summed E-state index contributed by atoms with van der Waals surface area (Å²) in [5, 5.41) is 2.84. The van der Waals surface area contributed by atoms with Crippen molar-refractivity contribution in [3.63, 3.8) is 0 Å². The van der Waals surface area contributed by atoms with Gasteiger partial charge in [0.15, 0.2) is 0 Å². The Labute approximate surface area is 157 Å². The molecule has 2 aliphatic rings. The topological polar surface area (TPSA) is 84.7 Å². The quantitative estimate of drug-likeness (QED) is 0.821. The van der Waals surface area contributed by atoms with E-state index in [1.165, 1.54) is 12.1 Å². The lowest BCUT2D eigenvalue weighted by molar-refractivity contribution is -0.132. The van der Waals surface area contributed by atoms with Gasteiger partial charge >= 0.3 is 6.61 Å². The number of alkyl halides is 2. The van der Waals surface area contributed by atoms with Crippen LogP contribution in [0, 0.1) is 0 Å². The Balaban J connectivity index is 1.65. The van der Waals surface area contributed by atoms with E-state index in [1.807, 2.05) is 0 Å². The summed E-state index contributed by atoms with van der Waals surface area (Å²) in [7, 11) is 0. The van der Waals surface area contributed by atoms with Crippen LogP contribution in [0.25, 0.3) is 0 Å². The smallest absolute Gasteiger partial charge is 0.387 e. The fraction of sp³-hybridized carbons (Fsp3) is 0.579. The fourth-order valence-corrected chi connectivity index (χ4v) is 3.78. The molecule has 1 heterocycles. The van der Waals surface area contributed by atoms with Gasteiger partial charge in [-0.25, -0.2) is 0 Å². The first-order chi connectivity index (χ1) is 12.9. The van der Waals surface area contributed by atoms with Crippen molar-refractivity contribution in [3.05, 3.63) is 24.3 Å². The van der Waals surface area contributed by atoms with Crippen LogP contribution < -0.4 is 20.7 Å². The van der Waals surface area contributed by atoms with Crippen molar-refractivity contribution in [2.24, 2.45) is 5.73 Å². The van der Waals surface area contributed by atoms with Crippen LogP contribution in [0.4, 0.5) is 14.5 Å². The van der Waals surface area contributed by atoms with Crippen molar-refractivity contribution >= 4 is 17.5 Å². The summed E-state index contributed by atoms with van der Waals surface area (Å²) in [5.74, 6) is -0.440. The molecule has 0 spiro atoms. The molecule has 8 heteroatoms. The van der Waals surface area contributed by atoms with Gasteiger partial charge in [-0.05, 0) is 49.9 Å². The van der Waals surface area contributed by atoms with Crippen molar-refractivity contribution in [2.75, 3.05) is 11.4 Å². The number of nitrogens with zero attached hydrogens (tertiary/aromatic N) is 1. The van der Waals surface area contributed by atoms with Gasteiger partial charge < -0.3 is 20.7 Å². The molecule has 1 aliphatic heterocycles. The lowest BCUT2D eigenvalue weighted by Gasteiger charge is -2.36. The highest BCUT2D eigenvalue weighted by Gasteiger charge is 2.39. The number of amides is 2. The molecule has 148 valence electrons. The largest absolute Gasteiger partial charge is 0.435 e. The van der Waals surface area contributed by atoms with Gasteiger partial charge in [-0.1, -0.05) is 19.3 Å². The van der Waals surface area contributed by atoms with Gasteiger partial charge in [-0.2, -0.15) is 8.78 Å². The van der Waals surface area contributed by atoms with Gasteiger partial charge in [0.05, 0.1) is 5.54 Å². The Bertz CT molecular complexity index is 675. The molecular formula is C19H25F2N3O3. The van der Waals surface area contributed by atoms with Crippen molar-refractivity contribution in [2.45, 2.75) is 63.1 Å². The normalized spacial score (nSPS) is 22.6. The molecule has 1 aromatic rings. The van der Waals surface area contributed by atoms with E-state index in [1.54, 1.807) is 17.0 Å². The van der Waals surface area contributed by atoms with Crippen molar-refractivity contribution < 1.29 is 23.1 Å². The minimum Gasteiger partial charge on any atom is -0.435 e. The molecular weight excluding hydrogens is 356 g/mol.